The molecular formula is C16H17N3O2. The van der Waals surface area contributed by atoms with Gasteiger partial charge in [0.25, 0.3) is 5.91 Å². The van der Waals surface area contributed by atoms with E-state index in [4.69, 9.17) is 4.52 Å². The monoisotopic (exact) mass is 283 g/mol. The number of rotatable bonds is 1. The van der Waals surface area contributed by atoms with Gasteiger partial charge < -0.3 is 9.42 Å². The van der Waals surface area contributed by atoms with Crippen LogP contribution in [0, 0.1) is 0 Å². The largest absolute Gasteiger partial charge is 0.355 e. The first-order valence-electron chi connectivity index (χ1n) is 7.70. The Kier molecular flexibility index (Phi) is 2.16. The number of benzene rings is 1. The Balaban J connectivity index is 1.51. The third-order valence-electron chi connectivity index (χ3n) is 5.74. The zero-order valence-electron chi connectivity index (χ0n) is 11.8. The standard InChI is InChI=1S/C16H17N3O2/c20-15(14-11-3-1-2-4-12(11)21-17-14)19-10-9-18-8-7-16(18)6-5-13(16)19/h1-4,13H,5-10H2. The Morgan fingerprint density at radius 3 is 2.90 bits per heavy atom. The minimum atomic E-state index is 0.0376. The maximum atomic E-state index is 12.9. The van der Waals surface area contributed by atoms with Crippen LogP contribution in [-0.4, -0.2) is 52.1 Å². The summed E-state index contributed by atoms with van der Waals surface area (Å²) < 4.78 is 5.29. The fourth-order valence-electron chi connectivity index (χ4n) is 4.41. The summed E-state index contributed by atoms with van der Waals surface area (Å²) in [5, 5.41) is 4.86. The lowest BCUT2D eigenvalue weighted by Crippen LogP contribution is -2.79. The number of para-hydroxylation sites is 1. The number of fused-ring (bicyclic) bond motifs is 1. The van der Waals surface area contributed by atoms with Crippen molar-refractivity contribution in [1.82, 2.24) is 15.0 Å². The molecule has 2 atom stereocenters. The molecule has 5 heteroatoms. The van der Waals surface area contributed by atoms with E-state index in [2.05, 4.69) is 10.1 Å². The van der Waals surface area contributed by atoms with Crippen molar-refractivity contribution in [3.05, 3.63) is 30.0 Å². The molecule has 108 valence electrons. The van der Waals surface area contributed by atoms with E-state index in [0.717, 1.165) is 24.9 Å². The van der Waals surface area contributed by atoms with Crippen LogP contribution in [0.5, 0.6) is 0 Å². The highest BCUT2D eigenvalue weighted by Gasteiger charge is 2.61. The quantitative estimate of drug-likeness (QED) is 0.802. The summed E-state index contributed by atoms with van der Waals surface area (Å²) >= 11 is 0. The first kappa shape index (κ1) is 11.7. The van der Waals surface area contributed by atoms with Gasteiger partial charge in [0, 0.05) is 25.2 Å². The average Bonchev–Trinajstić information content (AvgIpc) is 2.86. The molecule has 21 heavy (non-hydrogen) atoms. The molecule has 0 bridgehead atoms. The van der Waals surface area contributed by atoms with Gasteiger partial charge in [0.2, 0.25) is 0 Å². The molecule has 2 aliphatic heterocycles. The van der Waals surface area contributed by atoms with E-state index in [1.165, 1.54) is 19.4 Å². The molecule has 1 aromatic carbocycles. The van der Waals surface area contributed by atoms with Crippen molar-refractivity contribution in [3.8, 4) is 0 Å². The highest BCUT2D eigenvalue weighted by molar-refractivity contribution is 6.04. The third kappa shape index (κ3) is 1.35. The van der Waals surface area contributed by atoms with Gasteiger partial charge >= 0.3 is 0 Å². The molecule has 2 saturated heterocycles. The molecule has 1 aromatic heterocycles. The van der Waals surface area contributed by atoms with E-state index in [-0.39, 0.29) is 5.91 Å². The van der Waals surface area contributed by atoms with E-state index in [1.54, 1.807) is 0 Å². The molecule has 2 unspecified atom stereocenters. The second-order valence-electron chi connectivity index (χ2n) is 6.42. The molecule has 2 aromatic rings. The molecular weight excluding hydrogens is 266 g/mol. The smallest absolute Gasteiger partial charge is 0.277 e. The summed E-state index contributed by atoms with van der Waals surface area (Å²) in [7, 11) is 0. The lowest BCUT2D eigenvalue weighted by Gasteiger charge is -2.68. The second kappa shape index (κ2) is 3.85. The van der Waals surface area contributed by atoms with Gasteiger partial charge in [-0.25, -0.2) is 0 Å². The van der Waals surface area contributed by atoms with Crippen LogP contribution >= 0.6 is 0 Å². The fraction of sp³-hybridized carbons (Fsp3) is 0.500. The van der Waals surface area contributed by atoms with Crippen LogP contribution in [0.1, 0.15) is 29.8 Å². The predicted octanol–water partition coefficient (Wildman–Crippen LogP) is 1.89. The van der Waals surface area contributed by atoms with Gasteiger partial charge in [-0.2, -0.15) is 0 Å². The van der Waals surface area contributed by atoms with Gasteiger partial charge in [0.05, 0.1) is 11.4 Å². The summed E-state index contributed by atoms with van der Waals surface area (Å²) in [6, 6.07) is 7.96. The van der Waals surface area contributed by atoms with Crippen molar-refractivity contribution in [2.24, 2.45) is 0 Å². The zero-order chi connectivity index (χ0) is 14.0. The predicted molar refractivity (Wildman–Crippen MR) is 77.0 cm³/mol. The number of piperazine rings is 1. The molecule has 1 spiro atoms. The van der Waals surface area contributed by atoms with Gasteiger partial charge in [0.1, 0.15) is 0 Å². The molecule has 1 aliphatic carbocycles. The molecule has 1 amide bonds. The van der Waals surface area contributed by atoms with Crippen LogP contribution in [0.4, 0.5) is 0 Å². The van der Waals surface area contributed by atoms with Crippen molar-refractivity contribution in [3.63, 3.8) is 0 Å². The molecule has 0 N–H and O–H groups in total. The molecule has 3 fully saturated rings. The van der Waals surface area contributed by atoms with Crippen LogP contribution in [-0.2, 0) is 0 Å². The fourth-order valence-corrected chi connectivity index (χ4v) is 4.41. The first-order chi connectivity index (χ1) is 10.3. The highest BCUT2D eigenvalue weighted by Crippen LogP contribution is 2.51. The number of aromatic nitrogens is 1. The normalized spacial score (nSPS) is 31.2. The van der Waals surface area contributed by atoms with Crippen LogP contribution in [0.15, 0.2) is 28.8 Å². The first-order valence-corrected chi connectivity index (χ1v) is 7.70. The van der Waals surface area contributed by atoms with E-state index in [9.17, 15) is 4.79 Å². The number of amides is 1. The Bertz CT molecular complexity index is 736. The number of hydrogen-bond donors (Lipinski definition) is 0. The van der Waals surface area contributed by atoms with Gasteiger partial charge in [-0.15, -0.1) is 0 Å². The SMILES string of the molecule is O=C(c1noc2ccccc12)N1CCN2CCC23CCC13. The topological polar surface area (TPSA) is 49.6 Å². The van der Waals surface area contributed by atoms with Gasteiger partial charge in [-0.1, -0.05) is 17.3 Å². The van der Waals surface area contributed by atoms with Crippen molar-refractivity contribution >= 4 is 16.9 Å². The van der Waals surface area contributed by atoms with Gasteiger partial charge in [0.15, 0.2) is 11.3 Å². The van der Waals surface area contributed by atoms with E-state index >= 15 is 0 Å². The van der Waals surface area contributed by atoms with Crippen LogP contribution in [0.2, 0.25) is 0 Å². The maximum Gasteiger partial charge on any atom is 0.277 e. The summed E-state index contributed by atoms with van der Waals surface area (Å²) in [4.78, 5) is 17.5. The van der Waals surface area contributed by atoms with Crippen LogP contribution in [0.25, 0.3) is 11.0 Å². The zero-order valence-corrected chi connectivity index (χ0v) is 11.8. The minimum absolute atomic E-state index is 0.0376. The Morgan fingerprint density at radius 2 is 2.14 bits per heavy atom. The van der Waals surface area contributed by atoms with Crippen molar-refractivity contribution in [2.45, 2.75) is 30.8 Å². The Morgan fingerprint density at radius 1 is 1.24 bits per heavy atom. The Hall–Kier alpha value is -1.88. The van der Waals surface area contributed by atoms with E-state index in [1.807, 2.05) is 29.2 Å². The second-order valence-corrected chi connectivity index (χ2v) is 6.42. The van der Waals surface area contributed by atoms with Crippen LogP contribution in [0.3, 0.4) is 0 Å². The molecule has 3 heterocycles. The van der Waals surface area contributed by atoms with Crippen LogP contribution < -0.4 is 0 Å². The minimum Gasteiger partial charge on any atom is -0.355 e. The number of carbonyl (C=O) groups excluding carboxylic acids is 1. The lowest BCUT2D eigenvalue weighted by atomic mass is 9.61. The molecule has 5 rings (SSSR count). The van der Waals surface area contributed by atoms with Crippen molar-refractivity contribution in [1.29, 1.82) is 0 Å². The summed E-state index contributed by atoms with van der Waals surface area (Å²) in [5.74, 6) is 0.0376. The molecule has 0 radical (unpaired) electrons. The lowest BCUT2D eigenvalue weighted by molar-refractivity contribution is -0.161. The summed E-state index contributed by atoms with van der Waals surface area (Å²) in [6.45, 7) is 3.01. The number of nitrogens with zero attached hydrogens (tertiary/aromatic N) is 3. The molecule has 3 aliphatic rings. The van der Waals surface area contributed by atoms with Gasteiger partial charge in [-0.05, 0) is 31.4 Å². The molecule has 1 saturated carbocycles. The van der Waals surface area contributed by atoms with Crippen molar-refractivity contribution in [2.75, 3.05) is 19.6 Å². The number of carbonyl (C=O) groups is 1. The third-order valence-corrected chi connectivity index (χ3v) is 5.74. The van der Waals surface area contributed by atoms with Crippen molar-refractivity contribution < 1.29 is 9.32 Å². The number of hydrogen-bond acceptors (Lipinski definition) is 4. The molecule has 5 nitrogen and oxygen atoms in total. The summed E-state index contributed by atoms with van der Waals surface area (Å²) in [6.07, 6.45) is 3.60. The van der Waals surface area contributed by atoms with E-state index < -0.39 is 0 Å². The highest BCUT2D eigenvalue weighted by atomic mass is 16.5. The Labute approximate surface area is 122 Å². The summed E-state index contributed by atoms with van der Waals surface area (Å²) in [5.41, 5.74) is 1.46. The van der Waals surface area contributed by atoms with E-state index in [0.29, 0.717) is 22.9 Å². The van der Waals surface area contributed by atoms with Gasteiger partial charge in [-0.3, -0.25) is 9.69 Å². The maximum absolute atomic E-state index is 12.9. The average molecular weight is 283 g/mol.